The second kappa shape index (κ2) is 8.11. The molecule has 0 spiro atoms. The van der Waals surface area contributed by atoms with Crippen LogP contribution in [0, 0.1) is 11.3 Å². The standard InChI is InChI=1S/C28H30N2O5/c31-24(30-28(25(32)33)11-5-6-12-28)27-14-17(27)13-18(15-27)29-26(34)35-16-23-21-9-3-1-7-19(21)20-8-2-4-10-22(20)23/h1-4,7-10,17-18,23H,5-6,11-16H2,(H,29,34)(H,30,31)(H,32,33)/t17-,18+,27+/m0/s1. The van der Waals surface area contributed by atoms with Crippen LogP contribution in [0.1, 0.15) is 62.0 Å². The molecule has 0 radical (unpaired) electrons. The van der Waals surface area contributed by atoms with E-state index in [4.69, 9.17) is 4.74 Å². The van der Waals surface area contributed by atoms with Gasteiger partial charge in [0, 0.05) is 12.0 Å². The molecule has 4 aliphatic carbocycles. The maximum Gasteiger partial charge on any atom is 0.407 e. The van der Waals surface area contributed by atoms with Crippen molar-refractivity contribution in [3.8, 4) is 11.1 Å². The number of ether oxygens (including phenoxy) is 1. The summed E-state index contributed by atoms with van der Waals surface area (Å²) < 4.78 is 5.67. The lowest BCUT2D eigenvalue weighted by molar-refractivity contribution is -0.148. The number of amides is 2. The number of hydrogen-bond acceptors (Lipinski definition) is 4. The van der Waals surface area contributed by atoms with E-state index in [0.29, 0.717) is 19.3 Å². The molecule has 0 bridgehead atoms. The van der Waals surface area contributed by atoms with E-state index in [0.717, 1.165) is 25.7 Å². The SMILES string of the molecule is O=C(N[C@@H]1C[C@H]2C[C@@]2(C(=O)NC2(C(=O)O)CCCC2)C1)OCC1c2ccccc2-c2ccccc21. The summed E-state index contributed by atoms with van der Waals surface area (Å²) in [4.78, 5) is 37.7. The van der Waals surface area contributed by atoms with Crippen LogP contribution in [0.5, 0.6) is 0 Å². The number of benzene rings is 2. The molecule has 0 aromatic heterocycles. The fraction of sp³-hybridized carbons (Fsp3) is 0.464. The van der Waals surface area contributed by atoms with Gasteiger partial charge in [-0.05, 0) is 60.3 Å². The van der Waals surface area contributed by atoms with Crippen LogP contribution in [0.25, 0.3) is 11.1 Å². The molecule has 7 heteroatoms. The highest BCUT2D eigenvalue weighted by Crippen LogP contribution is 2.64. The van der Waals surface area contributed by atoms with Gasteiger partial charge in [-0.15, -0.1) is 0 Å². The van der Waals surface area contributed by atoms with E-state index in [1.54, 1.807) is 0 Å². The van der Waals surface area contributed by atoms with Gasteiger partial charge in [0.2, 0.25) is 5.91 Å². The van der Waals surface area contributed by atoms with E-state index in [-0.39, 0.29) is 30.4 Å². The topological polar surface area (TPSA) is 105 Å². The Morgan fingerprint density at radius 2 is 1.57 bits per heavy atom. The first-order chi connectivity index (χ1) is 16.9. The molecule has 3 saturated carbocycles. The number of alkyl carbamates (subject to hydrolysis) is 1. The summed E-state index contributed by atoms with van der Waals surface area (Å²) in [6.07, 6.45) is 4.14. The highest BCUT2D eigenvalue weighted by molar-refractivity contribution is 5.92. The molecule has 7 nitrogen and oxygen atoms in total. The molecule has 6 rings (SSSR count). The van der Waals surface area contributed by atoms with E-state index >= 15 is 0 Å². The maximum atomic E-state index is 13.1. The van der Waals surface area contributed by atoms with Crippen molar-refractivity contribution >= 4 is 18.0 Å². The first-order valence-electron chi connectivity index (χ1n) is 12.6. The first kappa shape index (κ1) is 22.1. The largest absolute Gasteiger partial charge is 0.480 e. The third-order valence-electron chi connectivity index (χ3n) is 8.75. The molecule has 0 unspecified atom stereocenters. The van der Waals surface area contributed by atoms with Gasteiger partial charge >= 0.3 is 12.1 Å². The van der Waals surface area contributed by atoms with Gasteiger partial charge in [0.1, 0.15) is 12.1 Å². The summed E-state index contributed by atoms with van der Waals surface area (Å²) in [5, 5.41) is 15.6. The van der Waals surface area contributed by atoms with Crippen LogP contribution in [-0.2, 0) is 14.3 Å². The minimum atomic E-state index is -1.13. The Labute approximate surface area is 204 Å². The molecular formula is C28H30N2O5. The Morgan fingerprint density at radius 3 is 2.20 bits per heavy atom. The van der Waals surface area contributed by atoms with Crippen LogP contribution in [-0.4, -0.2) is 41.3 Å². The number of hydrogen-bond donors (Lipinski definition) is 3. The lowest BCUT2D eigenvalue weighted by Gasteiger charge is -2.28. The summed E-state index contributed by atoms with van der Waals surface area (Å²) in [6, 6.07) is 16.3. The number of carboxylic acids is 1. The molecule has 2 aromatic carbocycles. The third kappa shape index (κ3) is 3.60. The molecule has 3 atom stereocenters. The van der Waals surface area contributed by atoms with Gasteiger partial charge in [0.25, 0.3) is 0 Å². The monoisotopic (exact) mass is 474 g/mol. The number of carbonyl (C=O) groups is 3. The number of rotatable bonds is 6. The lowest BCUT2D eigenvalue weighted by Crippen LogP contribution is -2.54. The van der Waals surface area contributed by atoms with Crippen LogP contribution in [0.15, 0.2) is 48.5 Å². The van der Waals surface area contributed by atoms with Gasteiger partial charge < -0.3 is 20.5 Å². The molecule has 3 fully saturated rings. The van der Waals surface area contributed by atoms with Crippen LogP contribution in [0.3, 0.4) is 0 Å². The van der Waals surface area contributed by atoms with Crippen LogP contribution >= 0.6 is 0 Å². The third-order valence-corrected chi connectivity index (χ3v) is 8.75. The number of carboxylic acid groups (broad SMARTS) is 1. The summed E-state index contributed by atoms with van der Waals surface area (Å²) >= 11 is 0. The van der Waals surface area contributed by atoms with Gasteiger partial charge in [0.05, 0.1) is 5.41 Å². The van der Waals surface area contributed by atoms with Crippen molar-refractivity contribution in [1.82, 2.24) is 10.6 Å². The van der Waals surface area contributed by atoms with Gasteiger partial charge in [0.15, 0.2) is 0 Å². The highest BCUT2D eigenvalue weighted by Gasteiger charge is 2.66. The van der Waals surface area contributed by atoms with Crippen molar-refractivity contribution < 1.29 is 24.2 Å². The molecule has 2 aromatic rings. The van der Waals surface area contributed by atoms with Gasteiger partial charge in [-0.2, -0.15) is 0 Å². The zero-order chi connectivity index (χ0) is 24.2. The quantitative estimate of drug-likeness (QED) is 0.582. The van der Waals surface area contributed by atoms with Crippen molar-refractivity contribution in [3.63, 3.8) is 0 Å². The van der Waals surface area contributed by atoms with Crippen molar-refractivity contribution in [1.29, 1.82) is 0 Å². The fourth-order valence-electron chi connectivity index (χ4n) is 6.81. The van der Waals surface area contributed by atoms with Crippen LogP contribution in [0.2, 0.25) is 0 Å². The Balaban J connectivity index is 1.06. The summed E-state index contributed by atoms with van der Waals surface area (Å²) in [5.41, 5.74) is 3.02. The number of aliphatic carboxylic acids is 1. The number of fused-ring (bicyclic) bond motifs is 4. The van der Waals surface area contributed by atoms with Crippen LogP contribution < -0.4 is 10.6 Å². The zero-order valence-electron chi connectivity index (χ0n) is 19.6. The molecule has 182 valence electrons. The predicted octanol–water partition coefficient (Wildman–Crippen LogP) is 4.21. The molecule has 35 heavy (non-hydrogen) atoms. The first-order valence-corrected chi connectivity index (χ1v) is 12.6. The summed E-state index contributed by atoms with van der Waals surface area (Å²) in [5.74, 6) is -0.915. The Hall–Kier alpha value is -3.35. The average Bonchev–Trinajstić information content (AvgIpc) is 3.18. The molecule has 0 aliphatic heterocycles. The minimum Gasteiger partial charge on any atom is -0.480 e. The predicted molar refractivity (Wildman–Crippen MR) is 129 cm³/mol. The second-order valence-electron chi connectivity index (χ2n) is 10.7. The number of nitrogens with one attached hydrogen (secondary N) is 2. The van der Waals surface area contributed by atoms with Crippen molar-refractivity contribution in [2.75, 3.05) is 6.61 Å². The van der Waals surface area contributed by atoms with E-state index < -0.39 is 23.0 Å². The molecule has 0 heterocycles. The van der Waals surface area contributed by atoms with Gasteiger partial charge in [-0.3, -0.25) is 4.79 Å². The van der Waals surface area contributed by atoms with Gasteiger partial charge in [-0.1, -0.05) is 61.4 Å². The Bertz CT molecular complexity index is 1160. The number of carbonyl (C=O) groups excluding carboxylic acids is 2. The van der Waals surface area contributed by atoms with Crippen molar-refractivity contribution in [2.45, 2.75) is 62.4 Å². The van der Waals surface area contributed by atoms with E-state index in [1.807, 2.05) is 24.3 Å². The van der Waals surface area contributed by atoms with E-state index in [2.05, 4.69) is 34.9 Å². The van der Waals surface area contributed by atoms with Crippen LogP contribution in [0.4, 0.5) is 4.79 Å². The highest BCUT2D eigenvalue weighted by atomic mass is 16.5. The Kier molecular flexibility index (Phi) is 5.13. The van der Waals surface area contributed by atoms with Crippen molar-refractivity contribution in [3.05, 3.63) is 59.7 Å². The smallest absolute Gasteiger partial charge is 0.407 e. The lowest BCUT2D eigenvalue weighted by atomic mass is 9.94. The normalized spacial score (nSPS) is 27.4. The zero-order valence-corrected chi connectivity index (χ0v) is 19.6. The molecular weight excluding hydrogens is 444 g/mol. The van der Waals surface area contributed by atoms with E-state index in [1.165, 1.54) is 22.3 Å². The fourth-order valence-corrected chi connectivity index (χ4v) is 6.81. The summed E-state index contributed by atoms with van der Waals surface area (Å²) in [7, 11) is 0. The van der Waals surface area contributed by atoms with E-state index in [9.17, 15) is 19.5 Å². The maximum absolute atomic E-state index is 13.1. The van der Waals surface area contributed by atoms with Crippen molar-refractivity contribution in [2.24, 2.45) is 11.3 Å². The molecule has 2 amide bonds. The molecule has 4 aliphatic rings. The molecule has 3 N–H and O–H groups in total. The molecule has 0 saturated heterocycles. The minimum absolute atomic E-state index is 0.000806. The summed E-state index contributed by atoms with van der Waals surface area (Å²) in [6.45, 7) is 0.253. The van der Waals surface area contributed by atoms with Gasteiger partial charge in [-0.25, -0.2) is 9.59 Å². The second-order valence-corrected chi connectivity index (χ2v) is 10.7. The average molecular weight is 475 g/mol. The Morgan fingerprint density at radius 1 is 0.943 bits per heavy atom.